The van der Waals surface area contributed by atoms with E-state index in [4.69, 9.17) is 16.0 Å². The number of nitrogens with zero attached hydrogens (tertiary/aromatic N) is 3. The number of halogens is 2. The van der Waals surface area contributed by atoms with E-state index < -0.39 is 17.4 Å². The molecule has 9 nitrogen and oxygen atoms in total. The molecule has 2 amide bonds. The Hall–Kier alpha value is -2.14. The second-order valence-electron chi connectivity index (χ2n) is 10.1. The number of ketones is 1. The summed E-state index contributed by atoms with van der Waals surface area (Å²) in [6.07, 6.45) is 3.97. The highest BCUT2D eigenvalue weighted by molar-refractivity contribution is 7.99. The minimum absolute atomic E-state index is 0. The van der Waals surface area contributed by atoms with E-state index in [1.807, 2.05) is 32.8 Å². The van der Waals surface area contributed by atoms with Crippen molar-refractivity contribution in [1.82, 2.24) is 25.7 Å². The van der Waals surface area contributed by atoms with E-state index >= 15 is 0 Å². The van der Waals surface area contributed by atoms with Crippen molar-refractivity contribution >= 4 is 53.4 Å². The number of thioether (sulfide) groups is 1. The van der Waals surface area contributed by atoms with Gasteiger partial charge in [0, 0.05) is 22.9 Å². The maximum absolute atomic E-state index is 13.7. The number of hydrogen-bond donors (Lipinski definition) is 2. The van der Waals surface area contributed by atoms with Crippen LogP contribution in [0.4, 0.5) is 0 Å². The lowest BCUT2D eigenvalue weighted by Crippen LogP contribution is -2.62. The summed E-state index contributed by atoms with van der Waals surface area (Å²) in [4.78, 5) is 42.1. The van der Waals surface area contributed by atoms with E-state index in [2.05, 4.69) is 20.8 Å². The summed E-state index contributed by atoms with van der Waals surface area (Å²) in [7, 11) is 3.94. The van der Waals surface area contributed by atoms with Gasteiger partial charge in [0.05, 0.1) is 6.04 Å². The summed E-state index contributed by atoms with van der Waals surface area (Å²) in [5.74, 6) is -0.405. The summed E-state index contributed by atoms with van der Waals surface area (Å²) in [6, 6.07) is 5.68. The molecule has 0 aliphatic heterocycles. The van der Waals surface area contributed by atoms with Gasteiger partial charge in [-0.1, -0.05) is 56.5 Å². The maximum Gasteiger partial charge on any atom is 0.286 e. The van der Waals surface area contributed by atoms with E-state index in [0.29, 0.717) is 35.1 Å². The van der Waals surface area contributed by atoms with E-state index in [9.17, 15) is 14.4 Å². The normalized spacial score (nSPS) is 15.6. The van der Waals surface area contributed by atoms with E-state index in [-0.39, 0.29) is 36.0 Å². The van der Waals surface area contributed by atoms with Gasteiger partial charge in [0.15, 0.2) is 0 Å². The fourth-order valence-corrected chi connectivity index (χ4v) is 5.28. The quantitative estimate of drug-likeness (QED) is 0.273. The van der Waals surface area contributed by atoms with E-state index in [0.717, 1.165) is 31.6 Å². The van der Waals surface area contributed by atoms with Crippen LogP contribution < -0.4 is 10.6 Å². The highest BCUT2D eigenvalue weighted by atomic mass is 35.5. The van der Waals surface area contributed by atoms with Crippen molar-refractivity contribution in [2.45, 2.75) is 69.2 Å². The Bertz CT molecular complexity index is 1070. The van der Waals surface area contributed by atoms with Crippen molar-refractivity contribution in [3.05, 3.63) is 40.7 Å². The molecule has 1 aromatic carbocycles. The Balaban J connectivity index is 0.00000507. The minimum Gasteiger partial charge on any atom is -0.408 e. The number of carbonyl (C=O) groups excluding carboxylic acids is 3. The molecule has 0 saturated heterocycles. The van der Waals surface area contributed by atoms with Gasteiger partial charge in [0.1, 0.15) is 5.54 Å². The summed E-state index contributed by atoms with van der Waals surface area (Å²) in [6.45, 7) is 4.77. The van der Waals surface area contributed by atoms with Crippen molar-refractivity contribution in [2.75, 3.05) is 26.4 Å². The van der Waals surface area contributed by atoms with Gasteiger partial charge in [-0.3, -0.25) is 14.4 Å². The Morgan fingerprint density at radius 1 is 1.11 bits per heavy atom. The third-order valence-electron chi connectivity index (χ3n) is 6.31. The molecule has 1 fully saturated rings. The second kappa shape index (κ2) is 14.9. The highest BCUT2D eigenvalue weighted by Gasteiger charge is 2.43. The molecule has 0 radical (unpaired) electrons. The number of nitrogens with one attached hydrogen (secondary N) is 2. The standard InChI is InChI=1S/C26H36ClN5O4S.ClH/c1-17(2)16-20(21(33)23-30-31-25(36-23)37-15-14-32(3)4)28-24(35)26(12-6-5-7-13-26)29-22(34)18-8-10-19(27)11-9-18;/h8-11,17,20H,5-7,12-16H2,1-4H3,(H,28,35)(H,29,34);1H. The van der Waals surface area contributed by atoms with Crippen LogP contribution in [0.15, 0.2) is 33.9 Å². The van der Waals surface area contributed by atoms with E-state index in [1.165, 1.54) is 11.8 Å². The van der Waals surface area contributed by atoms with Crippen molar-refractivity contribution in [3.8, 4) is 0 Å². The zero-order valence-corrected chi connectivity index (χ0v) is 24.7. The van der Waals surface area contributed by atoms with Crippen LogP contribution in [0.3, 0.4) is 0 Å². The number of carbonyl (C=O) groups is 3. The topological polar surface area (TPSA) is 117 Å². The first kappa shape index (κ1) is 32.1. The van der Waals surface area contributed by atoms with Gasteiger partial charge >= 0.3 is 0 Å². The molecule has 1 heterocycles. The number of hydrogen-bond acceptors (Lipinski definition) is 8. The molecule has 3 rings (SSSR count). The molecular formula is C26H37Cl2N5O4S. The van der Waals surface area contributed by atoms with Gasteiger partial charge in [-0.2, -0.15) is 0 Å². The van der Waals surface area contributed by atoms with Crippen LogP contribution in [0, 0.1) is 5.92 Å². The van der Waals surface area contributed by atoms with Gasteiger partial charge in [0.25, 0.3) is 17.0 Å². The molecule has 0 spiro atoms. The lowest BCUT2D eigenvalue weighted by molar-refractivity contribution is -0.129. The average molecular weight is 587 g/mol. The highest BCUT2D eigenvalue weighted by Crippen LogP contribution is 2.30. The van der Waals surface area contributed by atoms with Crippen LogP contribution in [0.5, 0.6) is 0 Å². The van der Waals surface area contributed by atoms with Gasteiger partial charge in [-0.15, -0.1) is 22.6 Å². The van der Waals surface area contributed by atoms with Gasteiger partial charge < -0.3 is 20.0 Å². The van der Waals surface area contributed by atoms with Crippen LogP contribution in [0.25, 0.3) is 0 Å². The fourth-order valence-electron chi connectivity index (χ4n) is 4.29. The second-order valence-corrected chi connectivity index (χ2v) is 11.6. The van der Waals surface area contributed by atoms with Crippen LogP contribution >= 0.6 is 35.8 Å². The van der Waals surface area contributed by atoms with Crippen molar-refractivity contribution in [1.29, 1.82) is 0 Å². The maximum atomic E-state index is 13.7. The summed E-state index contributed by atoms with van der Waals surface area (Å²) < 4.78 is 5.61. The smallest absolute Gasteiger partial charge is 0.286 e. The van der Waals surface area contributed by atoms with Crippen LogP contribution in [0.2, 0.25) is 5.02 Å². The molecule has 12 heteroatoms. The largest absolute Gasteiger partial charge is 0.408 e. The zero-order chi connectivity index (χ0) is 27.0. The summed E-state index contributed by atoms with van der Waals surface area (Å²) in [5, 5.41) is 14.7. The minimum atomic E-state index is -1.10. The first-order chi connectivity index (χ1) is 17.6. The van der Waals surface area contributed by atoms with Crippen LogP contribution in [-0.2, 0) is 4.79 Å². The van der Waals surface area contributed by atoms with Crippen molar-refractivity contribution in [3.63, 3.8) is 0 Å². The monoisotopic (exact) mass is 585 g/mol. The molecule has 1 aliphatic carbocycles. The van der Waals surface area contributed by atoms with Gasteiger partial charge in [0.2, 0.25) is 11.7 Å². The first-order valence-corrected chi connectivity index (χ1v) is 14.0. The molecule has 2 N–H and O–H groups in total. The Morgan fingerprint density at radius 2 is 1.76 bits per heavy atom. The Labute approximate surface area is 239 Å². The Kier molecular flexibility index (Phi) is 12.5. The van der Waals surface area contributed by atoms with Crippen molar-refractivity contribution < 1.29 is 18.8 Å². The fraction of sp³-hybridized carbons (Fsp3) is 0.577. The lowest BCUT2D eigenvalue weighted by atomic mass is 9.80. The predicted molar refractivity (Wildman–Crippen MR) is 151 cm³/mol. The molecule has 38 heavy (non-hydrogen) atoms. The molecular weight excluding hydrogens is 549 g/mol. The van der Waals surface area contributed by atoms with E-state index in [1.54, 1.807) is 24.3 Å². The van der Waals surface area contributed by atoms with Crippen LogP contribution in [-0.4, -0.2) is 70.7 Å². The number of aromatic nitrogens is 2. The molecule has 1 unspecified atom stereocenters. The number of amides is 2. The first-order valence-electron chi connectivity index (χ1n) is 12.6. The number of rotatable bonds is 12. The van der Waals surface area contributed by atoms with Crippen LogP contribution in [0.1, 0.15) is 73.4 Å². The van der Waals surface area contributed by atoms with Crippen molar-refractivity contribution in [2.24, 2.45) is 5.92 Å². The molecule has 1 aliphatic rings. The van der Waals surface area contributed by atoms with Gasteiger partial charge in [-0.05, 0) is 63.5 Å². The molecule has 1 atom stereocenters. The summed E-state index contributed by atoms with van der Waals surface area (Å²) in [5.41, 5.74) is -0.686. The Morgan fingerprint density at radius 3 is 2.37 bits per heavy atom. The average Bonchev–Trinajstić information content (AvgIpc) is 3.32. The number of benzene rings is 1. The third-order valence-corrected chi connectivity index (χ3v) is 7.36. The molecule has 0 bridgehead atoms. The summed E-state index contributed by atoms with van der Waals surface area (Å²) >= 11 is 7.33. The predicted octanol–water partition coefficient (Wildman–Crippen LogP) is 4.65. The number of Topliss-reactive ketones (excluding diaryl/α,β-unsaturated/α-hetero) is 1. The molecule has 1 saturated carbocycles. The third kappa shape index (κ3) is 8.97. The molecule has 2 aromatic rings. The zero-order valence-electron chi connectivity index (χ0n) is 22.3. The lowest BCUT2D eigenvalue weighted by Gasteiger charge is -2.37. The van der Waals surface area contributed by atoms with Gasteiger partial charge in [-0.25, -0.2) is 0 Å². The molecule has 210 valence electrons. The SMILES string of the molecule is CC(C)CC(NC(=O)C1(NC(=O)c2ccc(Cl)cc2)CCCCC1)C(=O)c1nnc(SCCN(C)C)o1.Cl. The molecule has 1 aromatic heterocycles.